The Morgan fingerprint density at radius 1 is 1.50 bits per heavy atom. The molecule has 1 amide bonds. The van der Waals surface area contributed by atoms with Gasteiger partial charge in [-0.25, -0.2) is 4.79 Å². The number of fused-ring (bicyclic) bond motifs is 1. The number of carbonyl (C=O) groups is 1. The van der Waals surface area contributed by atoms with Crippen LogP contribution in [0.3, 0.4) is 0 Å². The molecule has 1 saturated heterocycles. The average Bonchev–Trinajstić information content (AvgIpc) is 2.98. The van der Waals surface area contributed by atoms with Crippen LogP contribution in [0.5, 0.6) is 0 Å². The quantitative estimate of drug-likeness (QED) is 0.392. The Morgan fingerprint density at radius 2 is 2.21 bits per heavy atom. The number of aromatic nitrogens is 2. The van der Waals surface area contributed by atoms with Crippen molar-refractivity contribution in [2.24, 2.45) is 7.05 Å². The molecule has 1 unspecified atom stereocenters. The van der Waals surface area contributed by atoms with Gasteiger partial charge in [-0.15, -0.1) is 0 Å². The molecule has 152 valence electrons. The first-order valence-corrected chi connectivity index (χ1v) is 10.2. The number of ether oxygens (including phenoxy) is 1. The Morgan fingerprint density at radius 3 is 2.79 bits per heavy atom. The third kappa shape index (κ3) is 4.22. The fourth-order valence-electron chi connectivity index (χ4n) is 3.41. The second kappa shape index (κ2) is 7.82. The average molecular weight is 501 g/mol. The molecule has 1 N–H and O–H groups in total. The maximum absolute atomic E-state index is 13.2. The standard InChI is InChI=1S/C18H24IN5O4/c1-18(2,3)28-17(25)23(11-6-5-7-20-9-11)16-12-10-22(4)21-15(12)13(19)8-14(16)24(26)27/h8,10-11,20H,5-7,9H2,1-4H3. The van der Waals surface area contributed by atoms with Gasteiger partial charge in [-0.3, -0.25) is 19.7 Å². The number of benzene rings is 1. The minimum Gasteiger partial charge on any atom is -0.443 e. The van der Waals surface area contributed by atoms with Gasteiger partial charge < -0.3 is 10.1 Å². The van der Waals surface area contributed by atoms with E-state index < -0.39 is 16.6 Å². The molecule has 1 aromatic carbocycles. The highest BCUT2D eigenvalue weighted by Crippen LogP contribution is 2.40. The van der Waals surface area contributed by atoms with Crippen molar-refractivity contribution in [3.05, 3.63) is 25.9 Å². The number of carbonyl (C=O) groups excluding carboxylic acids is 1. The van der Waals surface area contributed by atoms with Crippen molar-refractivity contribution in [3.8, 4) is 0 Å². The zero-order chi connectivity index (χ0) is 20.6. The zero-order valence-corrected chi connectivity index (χ0v) is 18.5. The smallest absolute Gasteiger partial charge is 0.415 e. The van der Waals surface area contributed by atoms with Gasteiger partial charge in [0.1, 0.15) is 16.8 Å². The van der Waals surface area contributed by atoms with Crippen LogP contribution < -0.4 is 10.2 Å². The van der Waals surface area contributed by atoms with Crippen LogP contribution in [0.15, 0.2) is 12.3 Å². The summed E-state index contributed by atoms with van der Waals surface area (Å²) in [6.07, 6.45) is 2.73. The van der Waals surface area contributed by atoms with E-state index in [0.29, 0.717) is 21.0 Å². The highest BCUT2D eigenvalue weighted by molar-refractivity contribution is 14.1. The van der Waals surface area contributed by atoms with Gasteiger partial charge in [0.15, 0.2) is 0 Å². The summed E-state index contributed by atoms with van der Waals surface area (Å²) in [5, 5.41) is 20.2. The lowest BCUT2D eigenvalue weighted by atomic mass is 10.0. The number of aryl methyl sites for hydroxylation is 1. The Labute approximate surface area is 176 Å². The highest BCUT2D eigenvalue weighted by Gasteiger charge is 2.37. The molecule has 28 heavy (non-hydrogen) atoms. The third-order valence-electron chi connectivity index (χ3n) is 4.48. The monoisotopic (exact) mass is 501 g/mol. The first-order chi connectivity index (χ1) is 13.1. The second-order valence-corrected chi connectivity index (χ2v) is 9.06. The van der Waals surface area contributed by atoms with Crippen LogP contribution in [0.25, 0.3) is 10.9 Å². The number of halogens is 1. The van der Waals surface area contributed by atoms with E-state index in [2.05, 4.69) is 10.4 Å². The summed E-state index contributed by atoms with van der Waals surface area (Å²) >= 11 is 2.04. The minimum absolute atomic E-state index is 0.124. The Bertz CT molecular complexity index is 915. The van der Waals surface area contributed by atoms with Gasteiger partial charge in [0.25, 0.3) is 5.69 Å². The van der Waals surface area contributed by atoms with Crippen molar-refractivity contribution in [1.82, 2.24) is 15.1 Å². The van der Waals surface area contributed by atoms with Crippen molar-refractivity contribution in [1.29, 1.82) is 0 Å². The number of nitrogens with one attached hydrogen (secondary N) is 1. The number of anilines is 1. The van der Waals surface area contributed by atoms with E-state index in [1.54, 1.807) is 38.7 Å². The SMILES string of the molecule is Cn1cc2c(N(C(=O)OC(C)(C)C)C3CCCNC3)c([N+](=O)[O-])cc(I)c2n1. The van der Waals surface area contributed by atoms with E-state index >= 15 is 0 Å². The van der Waals surface area contributed by atoms with E-state index in [4.69, 9.17) is 4.74 Å². The number of nitro groups is 1. The largest absolute Gasteiger partial charge is 0.443 e. The van der Waals surface area contributed by atoms with E-state index in [1.807, 2.05) is 22.6 Å². The van der Waals surface area contributed by atoms with Crippen LogP contribution in [0.2, 0.25) is 0 Å². The molecule has 10 heteroatoms. The van der Waals surface area contributed by atoms with Gasteiger partial charge in [0.2, 0.25) is 0 Å². The van der Waals surface area contributed by atoms with Crippen molar-refractivity contribution in [2.75, 3.05) is 18.0 Å². The van der Waals surface area contributed by atoms with Crippen LogP contribution in [0.1, 0.15) is 33.6 Å². The summed E-state index contributed by atoms with van der Waals surface area (Å²) < 4.78 is 7.90. The molecule has 1 aromatic heterocycles. The van der Waals surface area contributed by atoms with Crippen molar-refractivity contribution in [3.63, 3.8) is 0 Å². The summed E-state index contributed by atoms with van der Waals surface area (Å²) in [5.41, 5.74) is 0.0301. The van der Waals surface area contributed by atoms with Crippen molar-refractivity contribution >= 4 is 51.0 Å². The van der Waals surface area contributed by atoms with Gasteiger partial charge in [-0.05, 0) is 62.7 Å². The fourth-order valence-corrected chi connectivity index (χ4v) is 4.11. The number of hydrogen-bond acceptors (Lipinski definition) is 6. The van der Waals surface area contributed by atoms with Gasteiger partial charge in [-0.2, -0.15) is 5.10 Å². The summed E-state index contributed by atoms with van der Waals surface area (Å²) in [6, 6.07) is 1.23. The highest BCUT2D eigenvalue weighted by atomic mass is 127. The molecule has 2 aromatic rings. The number of amides is 1. The number of nitrogens with zero attached hydrogens (tertiary/aromatic N) is 4. The molecular weight excluding hydrogens is 477 g/mol. The van der Waals surface area contributed by atoms with E-state index in [9.17, 15) is 14.9 Å². The van der Waals surface area contributed by atoms with Crippen LogP contribution in [0.4, 0.5) is 16.2 Å². The second-order valence-electron chi connectivity index (χ2n) is 7.90. The topological polar surface area (TPSA) is 103 Å². The molecule has 0 spiro atoms. The van der Waals surface area contributed by atoms with Crippen LogP contribution in [-0.2, 0) is 11.8 Å². The van der Waals surface area contributed by atoms with E-state index in [0.717, 1.165) is 19.4 Å². The van der Waals surface area contributed by atoms with E-state index in [-0.39, 0.29) is 17.4 Å². The predicted octanol–water partition coefficient (Wildman–Crippen LogP) is 3.58. The molecule has 1 aliphatic rings. The van der Waals surface area contributed by atoms with Crippen LogP contribution in [-0.4, -0.2) is 45.5 Å². The first-order valence-electron chi connectivity index (χ1n) is 9.11. The lowest BCUT2D eigenvalue weighted by molar-refractivity contribution is -0.384. The first kappa shape index (κ1) is 20.8. The summed E-state index contributed by atoms with van der Waals surface area (Å²) in [4.78, 5) is 26.1. The van der Waals surface area contributed by atoms with Crippen molar-refractivity contribution in [2.45, 2.75) is 45.3 Å². The van der Waals surface area contributed by atoms with Gasteiger partial charge in [0.05, 0.1) is 16.4 Å². The van der Waals surface area contributed by atoms with Gasteiger partial charge in [-0.1, -0.05) is 0 Å². The third-order valence-corrected chi connectivity index (χ3v) is 5.30. The summed E-state index contributed by atoms with van der Waals surface area (Å²) in [7, 11) is 1.76. The molecule has 0 aliphatic carbocycles. The maximum atomic E-state index is 13.2. The predicted molar refractivity (Wildman–Crippen MR) is 115 cm³/mol. The lowest BCUT2D eigenvalue weighted by Crippen LogP contribution is -2.50. The lowest BCUT2D eigenvalue weighted by Gasteiger charge is -2.35. The van der Waals surface area contributed by atoms with Gasteiger partial charge >= 0.3 is 6.09 Å². The molecule has 1 fully saturated rings. The Kier molecular flexibility index (Phi) is 5.80. The van der Waals surface area contributed by atoms with Crippen molar-refractivity contribution < 1.29 is 14.5 Å². The Hall–Kier alpha value is -1.95. The molecule has 0 bridgehead atoms. The number of rotatable bonds is 3. The molecule has 3 rings (SSSR count). The molecule has 2 heterocycles. The maximum Gasteiger partial charge on any atom is 0.415 e. The normalized spacial score (nSPS) is 17.5. The number of nitro benzene ring substituents is 1. The molecule has 1 atom stereocenters. The molecule has 0 radical (unpaired) electrons. The Balaban J connectivity index is 2.24. The summed E-state index contributed by atoms with van der Waals surface area (Å²) in [6.45, 7) is 6.75. The van der Waals surface area contributed by atoms with E-state index in [1.165, 1.54) is 11.0 Å². The number of piperidine rings is 1. The van der Waals surface area contributed by atoms with Crippen LogP contribution >= 0.6 is 22.6 Å². The molecule has 9 nitrogen and oxygen atoms in total. The van der Waals surface area contributed by atoms with Crippen LogP contribution in [0, 0.1) is 13.7 Å². The number of hydrogen-bond donors (Lipinski definition) is 1. The fraction of sp³-hybridized carbons (Fsp3) is 0.556. The van der Waals surface area contributed by atoms with Gasteiger partial charge in [0, 0.05) is 29.4 Å². The summed E-state index contributed by atoms with van der Waals surface area (Å²) in [5.74, 6) is 0. The molecule has 1 aliphatic heterocycles. The molecular formula is C18H24IN5O4. The zero-order valence-electron chi connectivity index (χ0n) is 16.4. The molecule has 0 saturated carbocycles. The minimum atomic E-state index is -0.719.